The van der Waals surface area contributed by atoms with Gasteiger partial charge >= 0.3 is 0 Å². The van der Waals surface area contributed by atoms with E-state index in [1.54, 1.807) is 30.5 Å². The number of methoxy groups -OCH3 is 1. The molecule has 0 saturated heterocycles. The number of ether oxygens (including phenoxy) is 2. The molecule has 4 rings (SSSR count). The van der Waals surface area contributed by atoms with Gasteiger partial charge < -0.3 is 19.4 Å². The number of carbonyl (C=O) groups excluding carboxylic acids is 1. The Hall–Kier alpha value is -2.99. The quantitative estimate of drug-likeness (QED) is 0.723. The van der Waals surface area contributed by atoms with Crippen LogP contribution in [0, 0.1) is 6.92 Å². The monoisotopic (exact) mass is 398 g/mol. The molecule has 1 aromatic heterocycles. The highest BCUT2D eigenvalue weighted by atomic mass is 35.5. The van der Waals surface area contributed by atoms with Crippen LogP contribution in [0.5, 0.6) is 11.5 Å². The Morgan fingerprint density at radius 1 is 1.32 bits per heavy atom. The van der Waals surface area contributed by atoms with Crippen molar-refractivity contribution in [3.8, 4) is 11.5 Å². The van der Waals surface area contributed by atoms with Crippen LogP contribution in [0.25, 0.3) is 10.9 Å². The van der Waals surface area contributed by atoms with Gasteiger partial charge in [-0.15, -0.1) is 0 Å². The molecule has 1 atom stereocenters. The van der Waals surface area contributed by atoms with Gasteiger partial charge in [0.2, 0.25) is 5.43 Å². The molecule has 144 valence electrons. The van der Waals surface area contributed by atoms with Gasteiger partial charge in [-0.1, -0.05) is 17.7 Å². The normalized spacial score (nSPS) is 15.2. The first kappa shape index (κ1) is 18.4. The Labute approximate surface area is 166 Å². The maximum absolute atomic E-state index is 13.1. The van der Waals surface area contributed by atoms with Crippen LogP contribution in [0.15, 0.2) is 41.3 Å². The average molecular weight is 399 g/mol. The van der Waals surface area contributed by atoms with Gasteiger partial charge in [0.25, 0.3) is 5.91 Å². The van der Waals surface area contributed by atoms with E-state index in [0.29, 0.717) is 34.3 Å². The van der Waals surface area contributed by atoms with Crippen LogP contribution < -0.4 is 20.2 Å². The van der Waals surface area contributed by atoms with Crippen LogP contribution in [0.4, 0.5) is 5.69 Å². The van der Waals surface area contributed by atoms with Gasteiger partial charge in [0.15, 0.2) is 0 Å². The zero-order chi connectivity index (χ0) is 20.0. The maximum Gasteiger partial charge on any atom is 0.261 e. The number of carbonyl (C=O) groups is 1. The van der Waals surface area contributed by atoms with E-state index in [2.05, 4.69) is 5.32 Å². The number of aryl methyl sites for hydroxylation is 1. The molecule has 7 heteroatoms. The molecule has 2 aromatic carbocycles. The minimum atomic E-state index is -0.514. The van der Waals surface area contributed by atoms with Crippen LogP contribution in [0.1, 0.15) is 22.8 Å². The van der Waals surface area contributed by atoms with Crippen molar-refractivity contribution in [2.75, 3.05) is 12.4 Å². The first-order valence-corrected chi connectivity index (χ1v) is 9.25. The molecule has 1 aliphatic rings. The molecule has 28 heavy (non-hydrogen) atoms. The summed E-state index contributed by atoms with van der Waals surface area (Å²) in [6, 6.07) is 8.80. The topological polar surface area (TPSA) is 69.6 Å². The first-order chi connectivity index (χ1) is 13.4. The molecule has 2 heterocycles. The minimum Gasteiger partial charge on any atom is -0.495 e. The van der Waals surface area contributed by atoms with E-state index in [4.69, 9.17) is 21.1 Å². The lowest BCUT2D eigenvalue weighted by molar-refractivity contribution is 0.102. The van der Waals surface area contributed by atoms with E-state index >= 15 is 0 Å². The van der Waals surface area contributed by atoms with Crippen molar-refractivity contribution in [3.05, 3.63) is 62.9 Å². The van der Waals surface area contributed by atoms with Crippen molar-refractivity contribution in [2.45, 2.75) is 26.5 Å². The smallest absolute Gasteiger partial charge is 0.261 e. The summed E-state index contributed by atoms with van der Waals surface area (Å²) in [6.07, 6.45) is 1.48. The molecular weight excluding hydrogens is 380 g/mol. The number of rotatable bonds is 3. The third-order valence-corrected chi connectivity index (χ3v) is 5.08. The van der Waals surface area contributed by atoms with E-state index in [-0.39, 0.29) is 17.1 Å². The number of halogens is 1. The Bertz CT molecular complexity index is 1170. The predicted octanol–water partition coefficient (Wildman–Crippen LogP) is 4.01. The third kappa shape index (κ3) is 2.99. The number of amides is 1. The Morgan fingerprint density at radius 2 is 2.11 bits per heavy atom. The number of nitrogens with one attached hydrogen (secondary N) is 1. The van der Waals surface area contributed by atoms with Crippen LogP contribution >= 0.6 is 11.6 Å². The second kappa shape index (κ2) is 6.87. The molecule has 0 radical (unpaired) electrons. The van der Waals surface area contributed by atoms with Gasteiger partial charge in [-0.3, -0.25) is 9.59 Å². The summed E-state index contributed by atoms with van der Waals surface area (Å²) >= 11 is 6.31. The number of aromatic nitrogens is 1. The van der Waals surface area contributed by atoms with E-state index in [1.165, 1.54) is 7.11 Å². The zero-order valence-electron chi connectivity index (χ0n) is 15.7. The summed E-state index contributed by atoms with van der Waals surface area (Å²) in [6.45, 7) is 4.35. The maximum atomic E-state index is 13.1. The van der Waals surface area contributed by atoms with Gasteiger partial charge in [0.1, 0.15) is 23.2 Å². The highest BCUT2D eigenvalue weighted by Crippen LogP contribution is 2.34. The first-order valence-electron chi connectivity index (χ1n) is 8.87. The van der Waals surface area contributed by atoms with Crippen molar-refractivity contribution in [2.24, 2.45) is 0 Å². The van der Waals surface area contributed by atoms with E-state index in [9.17, 15) is 9.59 Å². The van der Waals surface area contributed by atoms with Gasteiger partial charge in [0.05, 0.1) is 35.3 Å². The fourth-order valence-corrected chi connectivity index (χ4v) is 3.74. The second-order valence-electron chi connectivity index (χ2n) is 6.88. The molecule has 0 unspecified atom stereocenters. The summed E-state index contributed by atoms with van der Waals surface area (Å²) in [4.78, 5) is 26.1. The summed E-state index contributed by atoms with van der Waals surface area (Å²) < 4.78 is 13.0. The SMILES string of the molecule is COc1ccc(C)cc1NC(=O)c1cn2c3c(ccc(Cl)c3c1=O)O[C@H](C)C2. The van der Waals surface area contributed by atoms with E-state index < -0.39 is 11.3 Å². The molecule has 1 amide bonds. The molecule has 0 spiro atoms. The number of hydrogen-bond donors (Lipinski definition) is 1. The second-order valence-corrected chi connectivity index (χ2v) is 7.29. The average Bonchev–Trinajstić information content (AvgIpc) is 2.65. The summed E-state index contributed by atoms with van der Waals surface area (Å²) in [5.41, 5.74) is 1.66. The van der Waals surface area contributed by atoms with Crippen LogP contribution in [-0.4, -0.2) is 23.7 Å². The molecular formula is C21H19ClN2O4. The molecule has 1 aliphatic heterocycles. The number of nitrogens with zero attached hydrogens (tertiary/aromatic N) is 1. The molecule has 0 saturated carbocycles. The molecule has 0 bridgehead atoms. The van der Waals surface area contributed by atoms with E-state index in [0.717, 1.165) is 5.56 Å². The van der Waals surface area contributed by atoms with Gasteiger partial charge in [-0.2, -0.15) is 0 Å². The summed E-state index contributed by atoms with van der Waals surface area (Å²) in [7, 11) is 1.53. The summed E-state index contributed by atoms with van der Waals surface area (Å²) in [5.74, 6) is 0.589. The molecule has 6 nitrogen and oxygen atoms in total. The number of pyridine rings is 1. The Balaban J connectivity index is 1.85. The lowest BCUT2D eigenvalue weighted by Crippen LogP contribution is -2.30. The fourth-order valence-electron chi connectivity index (χ4n) is 3.50. The molecule has 3 aromatic rings. The highest BCUT2D eigenvalue weighted by molar-refractivity contribution is 6.35. The van der Waals surface area contributed by atoms with Crippen LogP contribution in [0.2, 0.25) is 5.02 Å². The summed E-state index contributed by atoms with van der Waals surface area (Å²) in [5, 5.41) is 3.36. The van der Waals surface area contributed by atoms with E-state index in [1.807, 2.05) is 24.5 Å². The number of benzene rings is 2. The third-order valence-electron chi connectivity index (χ3n) is 4.76. The molecule has 0 fully saturated rings. The van der Waals surface area contributed by atoms with Gasteiger partial charge in [0, 0.05) is 6.20 Å². The van der Waals surface area contributed by atoms with Crippen molar-refractivity contribution in [3.63, 3.8) is 0 Å². The molecule has 1 N–H and O–H groups in total. The minimum absolute atomic E-state index is 0.0178. The lowest BCUT2D eigenvalue weighted by Gasteiger charge is -2.26. The lowest BCUT2D eigenvalue weighted by atomic mass is 10.1. The standard InChI is InChI=1S/C21H19ClN2O4/c1-11-4-6-16(27-3)15(8-11)23-21(26)13-10-24-9-12(2)28-17-7-5-14(22)18(19(17)24)20(13)25/h4-8,10,12H,9H2,1-3H3,(H,23,26)/t12-/m1/s1. The molecule has 0 aliphatic carbocycles. The van der Waals surface area contributed by atoms with Crippen LogP contribution in [0.3, 0.4) is 0 Å². The van der Waals surface area contributed by atoms with Crippen molar-refractivity contribution >= 4 is 34.1 Å². The fraction of sp³-hybridized carbons (Fsp3) is 0.238. The van der Waals surface area contributed by atoms with Crippen molar-refractivity contribution in [1.82, 2.24) is 4.57 Å². The Kier molecular flexibility index (Phi) is 4.51. The largest absolute Gasteiger partial charge is 0.495 e. The van der Waals surface area contributed by atoms with Crippen molar-refractivity contribution in [1.29, 1.82) is 0 Å². The van der Waals surface area contributed by atoms with Crippen LogP contribution in [-0.2, 0) is 6.54 Å². The highest BCUT2D eigenvalue weighted by Gasteiger charge is 2.25. The zero-order valence-corrected chi connectivity index (χ0v) is 16.5. The predicted molar refractivity (Wildman–Crippen MR) is 109 cm³/mol. The Morgan fingerprint density at radius 3 is 2.86 bits per heavy atom. The number of anilines is 1. The number of hydrogen-bond acceptors (Lipinski definition) is 4. The van der Waals surface area contributed by atoms with Gasteiger partial charge in [-0.05, 0) is 43.7 Å². The van der Waals surface area contributed by atoms with Crippen molar-refractivity contribution < 1.29 is 14.3 Å². The van der Waals surface area contributed by atoms with Gasteiger partial charge in [-0.25, -0.2) is 0 Å².